The first-order valence-electron chi connectivity index (χ1n) is 8.23. The fourth-order valence-electron chi connectivity index (χ4n) is 2.25. The van der Waals surface area contributed by atoms with Gasteiger partial charge in [0.1, 0.15) is 18.7 Å². The van der Waals surface area contributed by atoms with Gasteiger partial charge < -0.3 is 10.1 Å². The predicted molar refractivity (Wildman–Crippen MR) is 95.0 cm³/mol. The van der Waals surface area contributed by atoms with E-state index in [2.05, 4.69) is 50.0 Å². The summed E-state index contributed by atoms with van der Waals surface area (Å²) in [6.45, 7) is 6.78. The van der Waals surface area contributed by atoms with Crippen molar-refractivity contribution in [2.24, 2.45) is 0 Å². The molecule has 1 atom stereocenters. The van der Waals surface area contributed by atoms with E-state index in [1.807, 2.05) is 6.07 Å². The summed E-state index contributed by atoms with van der Waals surface area (Å²) in [4.78, 5) is 8.96. The van der Waals surface area contributed by atoms with Crippen molar-refractivity contribution in [2.75, 3.05) is 13.1 Å². The summed E-state index contributed by atoms with van der Waals surface area (Å²) in [5.74, 6) is 1.78. The maximum absolute atomic E-state index is 5.76. The lowest BCUT2D eigenvalue weighted by molar-refractivity contribution is 0.300. The van der Waals surface area contributed by atoms with E-state index in [1.54, 1.807) is 23.6 Å². The van der Waals surface area contributed by atoms with Gasteiger partial charge in [-0.2, -0.15) is 4.68 Å². The molecule has 0 spiro atoms. The Labute approximate surface area is 150 Å². The van der Waals surface area contributed by atoms with Crippen LogP contribution in [-0.4, -0.2) is 43.3 Å². The summed E-state index contributed by atoms with van der Waals surface area (Å²) in [7, 11) is 0. The second kappa shape index (κ2) is 8.63. The SMILES string of the molecule is CCNCCC(C)c1nc(COc2ccc(-n3cnnn3)nc2)cs1. The van der Waals surface area contributed by atoms with Crippen LogP contribution in [0.3, 0.4) is 0 Å². The monoisotopic (exact) mass is 359 g/mol. The summed E-state index contributed by atoms with van der Waals surface area (Å²) in [5, 5.41) is 17.5. The van der Waals surface area contributed by atoms with E-state index < -0.39 is 0 Å². The molecule has 0 saturated heterocycles. The minimum atomic E-state index is 0.433. The third kappa shape index (κ3) is 4.80. The lowest BCUT2D eigenvalue weighted by atomic mass is 10.1. The molecule has 1 N–H and O–H groups in total. The second-order valence-electron chi connectivity index (χ2n) is 5.62. The largest absolute Gasteiger partial charge is 0.486 e. The summed E-state index contributed by atoms with van der Waals surface area (Å²) < 4.78 is 7.26. The normalized spacial score (nSPS) is 12.2. The molecule has 0 bridgehead atoms. The van der Waals surface area contributed by atoms with Crippen LogP contribution >= 0.6 is 11.3 Å². The molecule has 0 aliphatic carbocycles. The Balaban J connectivity index is 1.52. The van der Waals surface area contributed by atoms with Crippen LogP contribution in [0.1, 0.15) is 36.9 Å². The van der Waals surface area contributed by atoms with Gasteiger partial charge in [0, 0.05) is 11.3 Å². The van der Waals surface area contributed by atoms with Crippen LogP contribution in [0.4, 0.5) is 0 Å². The zero-order chi connectivity index (χ0) is 17.5. The Bertz CT molecular complexity index is 757. The number of aromatic nitrogens is 6. The third-order valence-corrected chi connectivity index (χ3v) is 4.81. The zero-order valence-electron chi connectivity index (χ0n) is 14.3. The van der Waals surface area contributed by atoms with E-state index in [0.717, 1.165) is 30.2 Å². The highest BCUT2D eigenvalue weighted by atomic mass is 32.1. The van der Waals surface area contributed by atoms with Crippen molar-refractivity contribution >= 4 is 11.3 Å². The van der Waals surface area contributed by atoms with E-state index in [0.29, 0.717) is 24.1 Å². The van der Waals surface area contributed by atoms with Gasteiger partial charge in [-0.05, 0) is 42.1 Å². The van der Waals surface area contributed by atoms with Crippen molar-refractivity contribution in [2.45, 2.75) is 32.8 Å². The van der Waals surface area contributed by atoms with Crippen LogP contribution in [0.2, 0.25) is 0 Å². The molecule has 3 aromatic heterocycles. The molecule has 0 aliphatic heterocycles. The quantitative estimate of drug-likeness (QED) is 0.586. The van der Waals surface area contributed by atoms with E-state index in [4.69, 9.17) is 4.74 Å². The molecule has 132 valence electrons. The fourth-order valence-corrected chi connectivity index (χ4v) is 3.15. The van der Waals surface area contributed by atoms with E-state index in [9.17, 15) is 0 Å². The molecular formula is C16H21N7OS. The van der Waals surface area contributed by atoms with Crippen molar-refractivity contribution in [3.63, 3.8) is 0 Å². The molecular weight excluding hydrogens is 338 g/mol. The van der Waals surface area contributed by atoms with Gasteiger partial charge in [0.05, 0.1) is 16.9 Å². The Morgan fingerprint density at radius 1 is 1.36 bits per heavy atom. The van der Waals surface area contributed by atoms with Gasteiger partial charge in [0.25, 0.3) is 0 Å². The number of rotatable bonds is 9. The van der Waals surface area contributed by atoms with Crippen LogP contribution in [0.25, 0.3) is 5.82 Å². The molecule has 8 nitrogen and oxygen atoms in total. The molecule has 9 heteroatoms. The number of nitrogens with one attached hydrogen (secondary N) is 1. The van der Waals surface area contributed by atoms with Crippen LogP contribution in [-0.2, 0) is 6.61 Å². The average Bonchev–Trinajstić information content (AvgIpc) is 3.32. The minimum Gasteiger partial charge on any atom is -0.486 e. The number of thiazole rings is 1. The highest BCUT2D eigenvalue weighted by molar-refractivity contribution is 7.09. The van der Waals surface area contributed by atoms with Crippen molar-refractivity contribution in [3.05, 3.63) is 40.7 Å². The molecule has 3 aromatic rings. The number of pyridine rings is 1. The maximum atomic E-state index is 5.76. The fraction of sp³-hybridized carbons (Fsp3) is 0.438. The lowest BCUT2D eigenvalue weighted by Gasteiger charge is -2.08. The molecule has 0 saturated carbocycles. The molecule has 3 rings (SSSR count). The highest BCUT2D eigenvalue weighted by Gasteiger charge is 2.11. The summed E-state index contributed by atoms with van der Waals surface area (Å²) in [5.41, 5.74) is 0.944. The Hall–Kier alpha value is -2.39. The minimum absolute atomic E-state index is 0.433. The smallest absolute Gasteiger partial charge is 0.157 e. The van der Waals surface area contributed by atoms with Crippen molar-refractivity contribution in [3.8, 4) is 11.6 Å². The van der Waals surface area contributed by atoms with Gasteiger partial charge in [0.2, 0.25) is 0 Å². The average molecular weight is 359 g/mol. The Morgan fingerprint density at radius 2 is 2.28 bits per heavy atom. The van der Waals surface area contributed by atoms with Crippen LogP contribution in [0, 0.1) is 0 Å². The molecule has 25 heavy (non-hydrogen) atoms. The first-order chi connectivity index (χ1) is 12.3. The second-order valence-corrected chi connectivity index (χ2v) is 6.51. The summed E-state index contributed by atoms with van der Waals surface area (Å²) in [6.07, 6.45) is 4.24. The zero-order valence-corrected chi connectivity index (χ0v) is 15.1. The maximum Gasteiger partial charge on any atom is 0.157 e. The van der Waals surface area contributed by atoms with Crippen LogP contribution in [0.5, 0.6) is 5.75 Å². The van der Waals surface area contributed by atoms with Crippen LogP contribution in [0.15, 0.2) is 30.0 Å². The van der Waals surface area contributed by atoms with Crippen molar-refractivity contribution in [1.82, 2.24) is 35.5 Å². The molecule has 0 aromatic carbocycles. The van der Waals surface area contributed by atoms with E-state index in [-0.39, 0.29) is 0 Å². The van der Waals surface area contributed by atoms with Crippen LogP contribution < -0.4 is 10.1 Å². The highest BCUT2D eigenvalue weighted by Crippen LogP contribution is 2.23. The van der Waals surface area contributed by atoms with Gasteiger partial charge in [-0.15, -0.1) is 16.4 Å². The Kier molecular flexibility index (Phi) is 6.02. The molecule has 0 aliphatic rings. The molecule has 0 amide bonds. The first-order valence-corrected chi connectivity index (χ1v) is 9.11. The van der Waals surface area contributed by atoms with Crippen molar-refractivity contribution in [1.29, 1.82) is 0 Å². The van der Waals surface area contributed by atoms with Gasteiger partial charge in [0.15, 0.2) is 5.82 Å². The van der Waals surface area contributed by atoms with Gasteiger partial charge in [-0.1, -0.05) is 13.8 Å². The number of ether oxygens (including phenoxy) is 1. The number of hydrogen-bond acceptors (Lipinski definition) is 8. The third-order valence-electron chi connectivity index (χ3n) is 3.69. The number of hydrogen-bond donors (Lipinski definition) is 1. The number of tetrazole rings is 1. The molecule has 0 fully saturated rings. The summed E-state index contributed by atoms with van der Waals surface area (Å²) >= 11 is 1.69. The van der Waals surface area contributed by atoms with Gasteiger partial charge in [-0.25, -0.2) is 9.97 Å². The van der Waals surface area contributed by atoms with E-state index >= 15 is 0 Å². The predicted octanol–water partition coefficient (Wildman–Crippen LogP) is 2.20. The van der Waals surface area contributed by atoms with Crippen molar-refractivity contribution < 1.29 is 4.74 Å². The molecule has 1 unspecified atom stereocenters. The van der Waals surface area contributed by atoms with Gasteiger partial charge >= 0.3 is 0 Å². The topological polar surface area (TPSA) is 90.6 Å². The molecule has 3 heterocycles. The Morgan fingerprint density at radius 3 is 3.00 bits per heavy atom. The number of nitrogens with zero attached hydrogens (tertiary/aromatic N) is 6. The summed E-state index contributed by atoms with van der Waals surface area (Å²) in [6, 6.07) is 3.65. The standard InChI is InChI=1S/C16H21N7OS/c1-3-17-7-6-12(2)16-20-13(10-25-16)9-24-14-4-5-15(18-8-14)23-11-19-21-22-23/h4-5,8,10-12,17H,3,6-7,9H2,1-2H3. The van der Waals surface area contributed by atoms with E-state index in [1.165, 1.54) is 11.0 Å². The molecule has 0 radical (unpaired) electrons. The van der Waals surface area contributed by atoms with Gasteiger partial charge in [-0.3, -0.25) is 0 Å². The first kappa shape index (κ1) is 17.4. The lowest BCUT2D eigenvalue weighted by Crippen LogP contribution is -2.15.